The van der Waals surface area contributed by atoms with Crippen molar-refractivity contribution in [1.82, 2.24) is 9.62 Å². The van der Waals surface area contributed by atoms with E-state index in [4.69, 9.17) is 4.74 Å². The minimum absolute atomic E-state index is 0. The third kappa shape index (κ3) is 3.93. The summed E-state index contributed by atoms with van der Waals surface area (Å²) in [6.45, 7) is 5.09. The summed E-state index contributed by atoms with van der Waals surface area (Å²) in [4.78, 5) is 24.9. The number of allylic oxidation sites excluding steroid dienone is 1. The molecule has 0 aromatic heterocycles. The van der Waals surface area contributed by atoms with Gasteiger partial charge in [-0.15, -0.1) is 0 Å². The predicted molar refractivity (Wildman–Crippen MR) is 88.3 cm³/mol. The van der Waals surface area contributed by atoms with Gasteiger partial charge in [0.2, 0.25) is 15.9 Å². The van der Waals surface area contributed by atoms with Gasteiger partial charge in [-0.05, 0) is 12.1 Å². The Labute approximate surface area is 179 Å². The standard InChI is InChI=1S/C17H20N2O6S.Na/c1-17(2,3)13-12(16(21)22)19-14(20)11(15(19)25-13)9-18-26(23,24)10-7-5-4-6-8-10;/h4-8,11,15,18H,9H2,1-3H3,(H,21,22);/q;+1/p-1/t11-,15+;/m0./s1. The van der Waals surface area contributed by atoms with E-state index in [1.807, 2.05) is 0 Å². The second kappa shape index (κ2) is 7.56. The van der Waals surface area contributed by atoms with Crippen LogP contribution in [0.5, 0.6) is 0 Å². The summed E-state index contributed by atoms with van der Waals surface area (Å²) in [5, 5.41) is 11.4. The van der Waals surface area contributed by atoms with Crippen molar-refractivity contribution in [1.29, 1.82) is 0 Å². The SMILES string of the molecule is CC(C)(C)C1=C(C(=O)[O-])N2C(=O)[C@H](CNS(=O)(=O)c3ccccc3)[C@H]2O1.[Na+]. The minimum atomic E-state index is -3.77. The molecule has 27 heavy (non-hydrogen) atoms. The molecule has 0 saturated carbocycles. The molecule has 1 saturated heterocycles. The van der Waals surface area contributed by atoms with Crippen LogP contribution >= 0.6 is 0 Å². The molecular weight excluding hydrogens is 383 g/mol. The number of rotatable bonds is 5. The van der Waals surface area contributed by atoms with Crippen molar-refractivity contribution in [3.05, 3.63) is 41.8 Å². The Morgan fingerprint density at radius 3 is 2.37 bits per heavy atom. The van der Waals surface area contributed by atoms with Gasteiger partial charge in [-0.3, -0.25) is 9.69 Å². The normalized spacial score (nSPS) is 21.9. The van der Waals surface area contributed by atoms with Crippen molar-refractivity contribution in [2.24, 2.45) is 11.3 Å². The smallest absolute Gasteiger partial charge is 0.543 e. The van der Waals surface area contributed by atoms with E-state index in [0.717, 1.165) is 4.90 Å². The van der Waals surface area contributed by atoms with E-state index >= 15 is 0 Å². The van der Waals surface area contributed by atoms with Crippen molar-refractivity contribution in [2.75, 3.05) is 6.54 Å². The van der Waals surface area contributed by atoms with Gasteiger partial charge >= 0.3 is 29.6 Å². The van der Waals surface area contributed by atoms with Crippen LogP contribution in [0.15, 0.2) is 46.7 Å². The Hall–Kier alpha value is -1.39. The molecule has 2 heterocycles. The number of carbonyl (C=O) groups excluding carboxylic acids is 2. The number of nitrogens with one attached hydrogen (secondary N) is 1. The number of ether oxygens (including phenoxy) is 1. The number of β-lactam (4-membered cyclic amide) rings is 1. The van der Waals surface area contributed by atoms with Gasteiger partial charge in [0.1, 0.15) is 17.4 Å². The number of carbonyl (C=O) groups is 2. The van der Waals surface area contributed by atoms with Crippen LogP contribution < -0.4 is 39.4 Å². The Bertz CT molecular complexity index is 892. The van der Waals surface area contributed by atoms with Crippen LogP contribution in [0.1, 0.15) is 20.8 Å². The first-order chi connectivity index (χ1) is 12.0. The maximum Gasteiger partial charge on any atom is 1.00 e. The van der Waals surface area contributed by atoms with E-state index in [1.54, 1.807) is 39.0 Å². The first-order valence-electron chi connectivity index (χ1n) is 8.04. The summed E-state index contributed by atoms with van der Waals surface area (Å²) in [7, 11) is -3.77. The average Bonchev–Trinajstić information content (AvgIpc) is 2.92. The summed E-state index contributed by atoms with van der Waals surface area (Å²) < 4.78 is 32.6. The molecule has 1 fully saturated rings. The van der Waals surface area contributed by atoms with E-state index < -0.39 is 39.5 Å². The molecule has 8 nitrogen and oxygen atoms in total. The van der Waals surface area contributed by atoms with Crippen LogP contribution in [0.25, 0.3) is 0 Å². The van der Waals surface area contributed by atoms with Gasteiger partial charge in [0.15, 0.2) is 6.23 Å². The molecule has 140 valence electrons. The predicted octanol–water partition coefficient (Wildman–Crippen LogP) is -3.21. The van der Waals surface area contributed by atoms with Crippen LogP contribution in [-0.4, -0.2) is 38.0 Å². The van der Waals surface area contributed by atoms with E-state index in [0.29, 0.717) is 0 Å². The topological polar surface area (TPSA) is 116 Å². The van der Waals surface area contributed by atoms with Crippen molar-refractivity contribution in [2.45, 2.75) is 31.9 Å². The number of aliphatic carboxylic acids is 1. The number of nitrogens with zero attached hydrogens (tertiary/aromatic N) is 1. The minimum Gasteiger partial charge on any atom is -0.543 e. The van der Waals surface area contributed by atoms with E-state index in [9.17, 15) is 23.1 Å². The summed E-state index contributed by atoms with van der Waals surface area (Å²) >= 11 is 0. The maximum atomic E-state index is 12.4. The molecule has 2 aliphatic rings. The zero-order chi connectivity index (χ0) is 19.3. The van der Waals surface area contributed by atoms with Crippen molar-refractivity contribution in [3.63, 3.8) is 0 Å². The van der Waals surface area contributed by atoms with Crippen LogP contribution in [-0.2, 0) is 24.3 Å². The van der Waals surface area contributed by atoms with Crippen LogP contribution in [0.3, 0.4) is 0 Å². The van der Waals surface area contributed by atoms with Crippen LogP contribution in [0.2, 0.25) is 0 Å². The largest absolute Gasteiger partial charge is 1.00 e. The van der Waals surface area contributed by atoms with Crippen molar-refractivity contribution >= 4 is 21.9 Å². The van der Waals surface area contributed by atoms with Gasteiger partial charge in [-0.2, -0.15) is 0 Å². The zero-order valence-corrected chi connectivity index (χ0v) is 18.4. The van der Waals surface area contributed by atoms with Gasteiger partial charge in [0.25, 0.3) is 0 Å². The van der Waals surface area contributed by atoms with Crippen LogP contribution in [0.4, 0.5) is 0 Å². The fourth-order valence-electron chi connectivity index (χ4n) is 2.98. The number of fused-ring (bicyclic) bond motifs is 1. The molecule has 1 amide bonds. The summed E-state index contributed by atoms with van der Waals surface area (Å²) in [6, 6.07) is 7.76. The Kier molecular flexibility index (Phi) is 6.13. The Balaban J connectivity index is 0.00000261. The van der Waals surface area contributed by atoms with E-state index in [2.05, 4.69) is 4.72 Å². The molecule has 2 aliphatic heterocycles. The molecule has 0 aliphatic carbocycles. The van der Waals surface area contributed by atoms with Crippen molar-refractivity contribution < 1.29 is 57.4 Å². The molecule has 0 radical (unpaired) electrons. The number of carboxylic acids is 1. The van der Waals surface area contributed by atoms with Gasteiger partial charge in [0.05, 0.1) is 10.9 Å². The molecule has 0 bridgehead atoms. The summed E-state index contributed by atoms with van der Waals surface area (Å²) in [5.41, 5.74) is -0.920. The molecule has 10 heteroatoms. The molecule has 1 N–H and O–H groups in total. The van der Waals surface area contributed by atoms with Crippen molar-refractivity contribution in [3.8, 4) is 0 Å². The number of carboxylic acid groups (broad SMARTS) is 1. The third-order valence-electron chi connectivity index (χ3n) is 4.27. The molecule has 1 aromatic rings. The number of benzene rings is 1. The second-order valence-electron chi connectivity index (χ2n) is 7.20. The third-order valence-corrected chi connectivity index (χ3v) is 5.71. The molecule has 0 spiro atoms. The molecule has 0 unspecified atom stereocenters. The number of hydrogen-bond donors (Lipinski definition) is 1. The van der Waals surface area contributed by atoms with E-state index in [-0.39, 0.29) is 52.5 Å². The molecule has 1 aromatic carbocycles. The monoisotopic (exact) mass is 402 g/mol. The average molecular weight is 402 g/mol. The Morgan fingerprint density at radius 1 is 1.26 bits per heavy atom. The van der Waals surface area contributed by atoms with Gasteiger partial charge in [-0.1, -0.05) is 39.0 Å². The summed E-state index contributed by atoms with van der Waals surface area (Å²) in [6.07, 6.45) is -0.844. The zero-order valence-electron chi connectivity index (χ0n) is 15.6. The van der Waals surface area contributed by atoms with Crippen LogP contribution in [0, 0.1) is 11.3 Å². The number of hydrogen-bond acceptors (Lipinski definition) is 6. The summed E-state index contributed by atoms with van der Waals surface area (Å²) in [5.74, 6) is -2.65. The van der Waals surface area contributed by atoms with Gasteiger partial charge in [0, 0.05) is 12.0 Å². The molecule has 3 rings (SSSR count). The first-order valence-corrected chi connectivity index (χ1v) is 9.53. The quantitative estimate of drug-likeness (QED) is 0.410. The van der Waals surface area contributed by atoms with Gasteiger partial charge in [-0.25, -0.2) is 13.1 Å². The van der Waals surface area contributed by atoms with E-state index in [1.165, 1.54) is 12.1 Å². The molecular formula is C17H19N2NaO6S. The van der Waals surface area contributed by atoms with Gasteiger partial charge < -0.3 is 14.6 Å². The molecule has 2 atom stereocenters. The first kappa shape index (κ1) is 21.9. The Morgan fingerprint density at radius 2 is 1.85 bits per heavy atom. The fourth-order valence-corrected chi connectivity index (χ4v) is 4.06. The number of amides is 1. The second-order valence-corrected chi connectivity index (χ2v) is 8.97. The number of sulfonamides is 1. The fraction of sp³-hybridized carbons (Fsp3) is 0.412. The maximum absolute atomic E-state index is 12.4.